The maximum absolute atomic E-state index is 5.89. The van der Waals surface area contributed by atoms with E-state index in [-0.39, 0.29) is 5.38 Å². The van der Waals surface area contributed by atoms with Gasteiger partial charge in [0.25, 0.3) is 0 Å². The van der Waals surface area contributed by atoms with Crippen molar-refractivity contribution in [2.45, 2.75) is 25.1 Å². The summed E-state index contributed by atoms with van der Waals surface area (Å²) in [6.45, 7) is 2.92. The lowest BCUT2D eigenvalue weighted by Gasteiger charge is -2.06. The number of thiophene rings is 1. The number of hydrogen-bond acceptors (Lipinski definition) is 4. The van der Waals surface area contributed by atoms with Crippen molar-refractivity contribution in [1.29, 1.82) is 0 Å². The minimum atomic E-state index is 0.244. The van der Waals surface area contributed by atoms with Crippen LogP contribution in [0, 0.1) is 0 Å². The van der Waals surface area contributed by atoms with Crippen LogP contribution in [0.5, 0.6) is 0 Å². The first-order chi connectivity index (χ1) is 7.77. The van der Waals surface area contributed by atoms with Gasteiger partial charge in [0.05, 0.1) is 10.2 Å². The molecule has 2 aromatic heterocycles. The van der Waals surface area contributed by atoms with Crippen LogP contribution in [-0.2, 0) is 0 Å². The Morgan fingerprint density at radius 3 is 3.19 bits per heavy atom. The van der Waals surface area contributed by atoms with Crippen molar-refractivity contribution in [1.82, 2.24) is 9.97 Å². The second kappa shape index (κ2) is 5.46. The summed E-state index contributed by atoms with van der Waals surface area (Å²) in [5.74, 6) is 0.933. The van der Waals surface area contributed by atoms with Crippen LogP contribution in [0.1, 0.15) is 19.8 Å². The first-order valence-electron chi connectivity index (χ1n) is 5.33. The standard InChI is InChI=1S/C11H14ClN3S/c1-8(12)3-2-5-13-11-10-9(4-6-16-10)14-7-15-11/h4,6-8H,2-3,5H2,1H3,(H,13,14,15). The molecule has 5 heteroatoms. The first-order valence-corrected chi connectivity index (χ1v) is 6.65. The number of hydrogen-bond donors (Lipinski definition) is 1. The summed E-state index contributed by atoms with van der Waals surface area (Å²) in [6, 6.07) is 2.01. The fourth-order valence-electron chi connectivity index (χ4n) is 1.50. The van der Waals surface area contributed by atoms with E-state index in [1.54, 1.807) is 17.7 Å². The molecule has 0 aliphatic rings. The minimum absolute atomic E-state index is 0.244. The maximum Gasteiger partial charge on any atom is 0.147 e. The van der Waals surface area contributed by atoms with Gasteiger partial charge < -0.3 is 5.32 Å². The van der Waals surface area contributed by atoms with Gasteiger partial charge in [-0.1, -0.05) is 0 Å². The minimum Gasteiger partial charge on any atom is -0.369 e. The molecule has 0 aliphatic heterocycles. The number of nitrogens with one attached hydrogen (secondary N) is 1. The highest BCUT2D eigenvalue weighted by atomic mass is 35.5. The molecule has 2 aromatic rings. The van der Waals surface area contributed by atoms with Crippen molar-refractivity contribution in [2.75, 3.05) is 11.9 Å². The Morgan fingerprint density at radius 1 is 1.50 bits per heavy atom. The maximum atomic E-state index is 5.89. The summed E-state index contributed by atoms with van der Waals surface area (Å²) in [5.41, 5.74) is 1.01. The number of rotatable bonds is 5. The normalized spacial score (nSPS) is 12.9. The Kier molecular flexibility index (Phi) is 3.96. The molecule has 2 rings (SSSR count). The zero-order valence-corrected chi connectivity index (χ0v) is 10.7. The SMILES string of the molecule is CC(Cl)CCCNc1ncnc2ccsc12. The van der Waals surface area contributed by atoms with Gasteiger partial charge in [0, 0.05) is 11.9 Å². The number of anilines is 1. The predicted octanol–water partition coefficient (Wildman–Crippen LogP) is 3.51. The summed E-state index contributed by atoms with van der Waals surface area (Å²) >= 11 is 7.55. The molecule has 0 saturated carbocycles. The van der Waals surface area contributed by atoms with E-state index in [1.165, 1.54) is 0 Å². The molecule has 1 N–H and O–H groups in total. The van der Waals surface area contributed by atoms with Gasteiger partial charge in [0.1, 0.15) is 12.1 Å². The zero-order valence-electron chi connectivity index (χ0n) is 9.11. The zero-order chi connectivity index (χ0) is 11.4. The third-order valence-corrected chi connectivity index (χ3v) is 3.44. The van der Waals surface area contributed by atoms with Gasteiger partial charge >= 0.3 is 0 Å². The van der Waals surface area contributed by atoms with Gasteiger partial charge in [-0.05, 0) is 31.2 Å². The Hall–Kier alpha value is -0.870. The topological polar surface area (TPSA) is 37.8 Å². The predicted molar refractivity (Wildman–Crippen MR) is 70.5 cm³/mol. The molecule has 0 aliphatic carbocycles. The van der Waals surface area contributed by atoms with Crippen LogP contribution in [0.4, 0.5) is 5.82 Å². The molecule has 1 unspecified atom stereocenters. The Labute approximate surface area is 104 Å². The molecular formula is C11H14ClN3S. The van der Waals surface area contributed by atoms with Crippen molar-refractivity contribution in [2.24, 2.45) is 0 Å². The largest absolute Gasteiger partial charge is 0.369 e. The average molecular weight is 256 g/mol. The summed E-state index contributed by atoms with van der Waals surface area (Å²) in [7, 11) is 0. The molecule has 16 heavy (non-hydrogen) atoms. The van der Waals surface area contributed by atoms with Gasteiger partial charge in [-0.25, -0.2) is 9.97 Å². The molecule has 2 heterocycles. The lowest BCUT2D eigenvalue weighted by atomic mass is 10.2. The molecule has 0 bridgehead atoms. The fourth-order valence-corrected chi connectivity index (χ4v) is 2.47. The Balaban J connectivity index is 1.96. The molecule has 0 radical (unpaired) electrons. The van der Waals surface area contributed by atoms with Crippen LogP contribution >= 0.6 is 22.9 Å². The molecule has 1 atom stereocenters. The molecule has 0 aromatic carbocycles. The van der Waals surface area contributed by atoms with Crippen molar-refractivity contribution in [3.63, 3.8) is 0 Å². The van der Waals surface area contributed by atoms with Crippen molar-refractivity contribution in [3.8, 4) is 0 Å². The van der Waals surface area contributed by atoms with Gasteiger partial charge in [-0.3, -0.25) is 0 Å². The third kappa shape index (κ3) is 2.83. The van der Waals surface area contributed by atoms with E-state index in [0.717, 1.165) is 35.4 Å². The summed E-state index contributed by atoms with van der Waals surface area (Å²) in [4.78, 5) is 8.45. The van der Waals surface area contributed by atoms with E-state index in [2.05, 4.69) is 15.3 Å². The van der Waals surface area contributed by atoms with E-state index >= 15 is 0 Å². The van der Waals surface area contributed by atoms with Crippen LogP contribution in [-0.4, -0.2) is 21.9 Å². The van der Waals surface area contributed by atoms with Crippen LogP contribution in [0.3, 0.4) is 0 Å². The Morgan fingerprint density at radius 2 is 2.38 bits per heavy atom. The van der Waals surface area contributed by atoms with Crippen molar-refractivity contribution in [3.05, 3.63) is 17.8 Å². The highest BCUT2D eigenvalue weighted by Gasteiger charge is 2.04. The van der Waals surface area contributed by atoms with Gasteiger partial charge in [0.2, 0.25) is 0 Å². The van der Waals surface area contributed by atoms with Crippen molar-refractivity contribution >= 4 is 39.0 Å². The second-order valence-corrected chi connectivity index (χ2v) is 5.37. The van der Waals surface area contributed by atoms with Crippen LogP contribution < -0.4 is 5.32 Å². The molecule has 0 saturated heterocycles. The summed E-state index contributed by atoms with van der Waals surface area (Å²) in [5, 5.41) is 5.61. The molecular weight excluding hydrogens is 242 g/mol. The van der Waals surface area contributed by atoms with E-state index in [9.17, 15) is 0 Å². The molecule has 0 spiro atoms. The third-order valence-electron chi connectivity index (χ3n) is 2.31. The quantitative estimate of drug-likeness (QED) is 0.656. The highest BCUT2D eigenvalue weighted by molar-refractivity contribution is 7.17. The summed E-state index contributed by atoms with van der Waals surface area (Å²) < 4.78 is 1.13. The van der Waals surface area contributed by atoms with Crippen LogP contribution in [0.2, 0.25) is 0 Å². The van der Waals surface area contributed by atoms with Crippen LogP contribution in [0.25, 0.3) is 10.2 Å². The average Bonchev–Trinajstić information content (AvgIpc) is 2.72. The molecule has 0 fully saturated rings. The molecule has 0 amide bonds. The van der Waals surface area contributed by atoms with E-state index in [4.69, 9.17) is 11.6 Å². The van der Waals surface area contributed by atoms with E-state index < -0.39 is 0 Å². The van der Waals surface area contributed by atoms with E-state index in [0.29, 0.717) is 0 Å². The lowest BCUT2D eigenvalue weighted by molar-refractivity contribution is 0.749. The monoisotopic (exact) mass is 255 g/mol. The smallest absolute Gasteiger partial charge is 0.147 e. The van der Waals surface area contributed by atoms with Crippen LogP contribution in [0.15, 0.2) is 17.8 Å². The number of aromatic nitrogens is 2. The van der Waals surface area contributed by atoms with Gasteiger partial charge in [-0.15, -0.1) is 22.9 Å². The number of fused-ring (bicyclic) bond motifs is 1. The summed E-state index contributed by atoms with van der Waals surface area (Å²) in [6.07, 6.45) is 3.68. The number of halogens is 1. The highest BCUT2D eigenvalue weighted by Crippen LogP contribution is 2.24. The first kappa shape index (κ1) is 11.6. The Bertz CT molecular complexity index is 455. The fraction of sp³-hybridized carbons (Fsp3) is 0.455. The van der Waals surface area contributed by atoms with Crippen molar-refractivity contribution < 1.29 is 0 Å². The van der Waals surface area contributed by atoms with E-state index in [1.807, 2.05) is 18.4 Å². The number of alkyl halides is 1. The lowest BCUT2D eigenvalue weighted by Crippen LogP contribution is -2.05. The van der Waals surface area contributed by atoms with Gasteiger partial charge in [0.15, 0.2) is 0 Å². The second-order valence-electron chi connectivity index (χ2n) is 3.71. The molecule has 3 nitrogen and oxygen atoms in total. The molecule has 86 valence electrons. The van der Waals surface area contributed by atoms with Gasteiger partial charge in [-0.2, -0.15) is 0 Å². The number of nitrogens with zero attached hydrogens (tertiary/aromatic N) is 2.